The molecule has 35 heteroatoms. The highest BCUT2D eigenvalue weighted by molar-refractivity contribution is 8.14. The van der Waals surface area contributed by atoms with Crippen LogP contribution in [-0.2, 0) is 66.7 Å². The normalized spacial score (nSPS) is 22.3. The molecular weight excluding hydrogens is 1060 g/mol. The molecule has 3 amide bonds. The van der Waals surface area contributed by atoms with Crippen LogP contribution in [0, 0.1) is 5.41 Å². The number of hydrogen-bond donors (Lipinski definition) is 12. The molecule has 0 saturated carbocycles. The molecule has 5 rings (SSSR count). The van der Waals surface area contributed by atoms with Crippen molar-refractivity contribution in [2.45, 2.75) is 75.7 Å². The van der Waals surface area contributed by atoms with Gasteiger partial charge in [-0.1, -0.05) is 31.7 Å². The van der Waals surface area contributed by atoms with Crippen LogP contribution in [-0.4, -0.2) is 157 Å². The van der Waals surface area contributed by atoms with Gasteiger partial charge in [-0.25, -0.2) is 33.4 Å². The number of aliphatic hydroxyl groups is 2. The number of aliphatic hydroxyl groups excluding tert-OH is 2. The average molecular weight is 1110 g/mol. The predicted octanol–water partition coefficient (Wildman–Crippen LogP) is -0.525. The molecule has 0 bridgehead atoms. The SMILES string of the molecule is CC1=C(C(=O)SCCNC(=O)CCNC(=O)C(O)C(C)(C)COP(=O)(O)OP(=O)(O)OCC2OC(n3cnc4c(N)ncnc43)C(O)C2OP(=O)(O)O)NC(C(NC(=O)Cc2cccs2)C(=O)O)SC1. The Balaban J connectivity index is 1.02. The van der Waals surface area contributed by atoms with Crippen molar-refractivity contribution in [3.05, 3.63) is 46.3 Å². The van der Waals surface area contributed by atoms with Gasteiger partial charge >= 0.3 is 29.4 Å². The van der Waals surface area contributed by atoms with Crippen LogP contribution >= 0.6 is 58.3 Å². The fourth-order valence-corrected chi connectivity index (χ4v) is 11.9. The molecular formula is C35H50N9O20P3S3. The Hall–Kier alpha value is -3.91. The van der Waals surface area contributed by atoms with Gasteiger partial charge in [0.2, 0.25) is 22.8 Å². The number of aromatic nitrogens is 4. The number of carboxylic acid groups (broad SMARTS) is 1. The Bertz CT molecular complexity index is 2570. The second-order valence-electron chi connectivity index (χ2n) is 15.9. The highest BCUT2D eigenvalue weighted by Crippen LogP contribution is 2.61. The number of phosphoric acid groups is 3. The number of nitrogens with zero attached hydrogens (tertiary/aromatic N) is 4. The number of fused-ring (bicyclic) bond motifs is 1. The number of anilines is 1. The van der Waals surface area contributed by atoms with E-state index >= 15 is 0 Å². The molecule has 0 spiro atoms. The van der Waals surface area contributed by atoms with E-state index in [-0.39, 0.29) is 54.4 Å². The van der Waals surface area contributed by atoms with Crippen molar-refractivity contribution in [2.75, 3.05) is 43.5 Å². The molecule has 1 fully saturated rings. The second-order valence-corrected chi connectivity index (χ2v) is 23.3. The number of aliphatic carboxylic acids is 1. The maximum Gasteiger partial charge on any atom is 0.481 e. The summed E-state index contributed by atoms with van der Waals surface area (Å²) in [5.41, 5.74) is 5.02. The molecule has 388 valence electrons. The van der Waals surface area contributed by atoms with Gasteiger partial charge in [-0.15, -0.1) is 23.1 Å². The van der Waals surface area contributed by atoms with E-state index in [1.54, 1.807) is 24.4 Å². The van der Waals surface area contributed by atoms with E-state index in [9.17, 15) is 72.6 Å². The van der Waals surface area contributed by atoms with Gasteiger partial charge in [0.15, 0.2) is 23.7 Å². The fraction of sp³-hybridized carbons (Fsp3) is 0.543. The number of nitrogens with one attached hydrogen (secondary N) is 4. The zero-order valence-electron chi connectivity index (χ0n) is 37.0. The number of carbonyl (C=O) groups excluding carboxylic acids is 4. The van der Waals surface area contributed by atoms with E-state index in [1.807, 2.05) is 0 Å². The van der Waals surface area contributed by atoms with Crippen molar-refractivity contribution in [3.63, 3.8) is 0 Å². The number of carbonyl (C=O) groups is 5. The molecule has 2 aliphatic heterocycles. The predicted molar refractivity (Wildman–Crippen MR) is 247 cm³/mol. The van der Waals surface area contributed by atoms with E-state index in [0.29, 0.717) is 11.3 Å². The molecule has 29 nitrogen and oxygen atoms in total. The Labute approximate surface area is 409 Å². The monoisotopic (exact) mass is 1110 g/mol. The van der Waals surface area contributed by atoms with Gasteiger partial charge < -0.3 is 66.6 Å². The molecule has 0 aromatic carbocycles. The summed E-state index contributed by atoms with van der Waals surface area (Å²) in [6, 6.07) is 2.19. The standard InChI is InChI=1S/C35H50N9O20P3S3/c1-17-13-70-31(24(33(50)51)42-21(46)11-18-5-4-9-68-18)43-22(17)34(52)69-10-8-37-20(45)6-7-38-30(49)27(48)35(2,3)14-61-67(58,59)64-66(56,57)60-12-19-26(63-65(53,54)55)25(47)32(62-19)44-16-41-23-28(36)39-15-40-29(23)44/h4-5,9,15-16,19,24-27,31-32,43,47-48H,6-8,10-14H2,1-3H3,(H,37,45)(H,38,49)(H,42,46)(H,50,51)(H,56,57)(H,58,59)(H2,36,39,40)(H2,53,54,55). The number of carboxylic acids is 1. The maximum atomic E-state index is 13.1. The van der Waals surface area contributed by atoms with E-state index in [2.05, 4.69) is 45.1 Å². The minimum Gasteiger partial charge on any atom is -0.480 e. The minimum atomic E-state index is -5.62. The first-order valence-corrected chi connectivity index (χ1v) is 27.8. The lowest BCUT2D eigenvalue weighted by Gasteiger charge is -2.31. The Morgan fingerprint density at radius 3 is 2.44 bits per heavy atom. The highest BCUT2D eigenvalue weighted by atomic mass is 32.2. The van der Waals surface area contributed by atoms with Crippen LogP contribution in [0.2, 0.25) is 0 Å². The van der Waals surface area contributed by atoms with E-state index in [4.69, 9.17) is 19.5 Å². The van der Waals surface area contributed by atoms with Crippen LogP contribution < -0.4 is 27.0 Å². The number of nitrogens with two attached hydrogens (primary N) is 1. The van der Waals surface area contributed by atoms with Gasteiger partial charge in [-0.2, -0.15) is 4.31 Å². The fourth-order valence-electron chi connectivity index (χ4n) is 6.42. The maximum absolute atomic E-state index is 13.1. The zero-order valence-corrected chi connectivity index (χ0v) is 42.1. The average Bonchev–Trinajstić information content (AvgIpc) is 4.02. The highest BCUT2D eigenvalue weighted by Gasteiger charge is 2.50. The number of imidazole rings is 1. The molecule has 2 aliphatic rings. The lowest BCUT2D eigenvalue weighted by atomic mass is 9.87. The molecule has 5 heterocycles. The van der Waals surface area contributed by atoms with Crippen molar-refractivity contribution < 1.29 is 95.2 Å². The summed E-state index contributed by atoms with van der Waals surface area (Å²) in [6.07, 6.45) is -7.22. The molecule has 0 aliphatic carbocycles. The number of thiophene rings is 1. The largest absolute Gasteiger partial charge is 0.481 e. The lowest BCUT2D eigenvalue weighted by Crippen LogP contribution is -2.54. The van der Waals surface area contributed by atoms with E-state index in [0.717, 1.165) is 33.9 Å². The number of phosphoric ester groups is 3. The summed E-state index contributed by atoms with van der Waals surface area (Å²) >= 11 is 3.43. The number of thioether (sulfide) groups is 2. The van der Waals surface area contributed by atoms with Crippen LogP contribution in [0.25, 0.3) is 11.2 Å². The molecule has 9 unspecified atom stereocenters. The number of nitrogen functional groups attached to an aromatic ring is 1. The molecule has 3 aromatic rings. The quantitative estimate of drug-likeness (QED) is 0.0375. The van der Waals surface area contributed by atoms with Gasteiger partial charge in [0.1, 0.15) is 41.6 Å². The van der Waals surface area contributed by atoms with Crippen molar-refractivity contribution in [2.24, 2.45) is 5.41 Å². The third-order valence-corrected chi connectivity index (χ3v) is 16.1. The molecule has 1 saturated heterocycles. The second kappa shape index (κ2) is 24.2. The molecule has 70 heavy (non-hydrogen) atoms. The number of rotatable bonds is 25. The van der Waals surface area contributed by atoms with Crippen molar-refractivity contribution in [1.82, 2.24) is 40.8 Å². The van der Waals surface area contributed by atoms with Crippen molar-refractivity contribution in [1.29, 1.82) is 0 Å². The summed E-state index contributed by atoms with van der Waals surface area (Å²) in [5.74, 6) is -2.97. The summed E-state index contributed by atoms with van der Waals surface area (Å²) in [5, 5.41) is 42.3. The van der Waals surface area contributed by atoms with Crippen LogP contribution in [0.1, 0.15) is 38.3 Å². The molecule has 0 radical (unpaired) electrons. The third-order valence-electron chi connectivity index (χ3n) is 9.93. The summed E-state index contributed by atoms with van der Waals surface area (Å²) < 4.78 is 62.4. The van der Waals surface area contributed by atoms with E-state index in [1.165, 1.54) is 36.9 Å². The number of amides is 3. The van der Waals surface area contributed by atoms with Gasteiger partial charge in [0, 0.05) is 41.3 Å². The van der Waals surface area contributed by atoms with E-state index < -0.39 is 113 Å². The summed E-state index contributed by atoms with van der Waals surface area (Å²) in [6.45, 7) is 1.78. The van der Waals surface area contributed by atoms with Crippen LogP contribution in [0.4, 0.5) is 5.82 Å². The van der Waals surface area contributed by atoms with Gasteiger partial charge in [0.05, 0.1) is 31.7 Å². The Kier molecular flexibility index (Phi) is 19.7. The van der Waals surface area contributed by atoms with Crippen molar-refractivity contribution >= 4 is 104 Å². The third kappa shape index (κ3) is 16.0. The minimum absolute atomic E-state index is 0.00134. The number of ether oxygens (including phenoxy) is 1. The smallest absolute Gasteiger partial charge is 0.480 e. The van der Waals surface area contributed by atoms with Crippen LogP contribution in [0.3, 0.4) is 0 Å². The van der Waals surface area contributed by atoms with Crippen LogP contribution in [0.15, 0.2) is 41.4 Å². The zero-order chi connectivity index (χ0) is 51.8. The summed E-state index contributed by atoms with van der Waals surface area (Å²) in [4.78, 5) is 115. The Morgan fingerprint density at radius 2 is 1.77 bits per heavy atom. The van der Waals surface area contributed by atoms with Crippen molar-refractivity contribution in [3.8, 4) is 0 Å². The first kappa shape index (κ1) is 57.0. The lowest BCUT2D eigenvalue weighted by molar-refractivity contribution is -0.142. The van der Waals surface area contributed by atoms with Gasteiger partial charge in [-0.3, -0.25) is 37.3 Å². The van der Waals surface area contributed by atoms with Gasteiger partial charge in [-0.05, 0) is 23.9 Å². The van der Waals surface area contributed by atoms with Crippen LogP contribution in [0.5, 0.6) is 0 Å². The first-order valence-electron chi connectivity index (χ1n) is 20.4. The topological polar surface area (TPSA) is 442 Å². The molecule has 13 N–H and O–H groups in total. The first-order chi connectivity index (χ1) is 32.7. The molecule has 9 atom stereocenters. The summed E-state index contributed by atoms with van der Waals surface area (Å²) in [7, 11) is -16.5. The number of hydrogen-bond acceptors (Lipinski definition) is 23. The van der Waals surface area contributed by atoms with Gasteiger partial charge in [0.25, 0.3) is 0 Å². The Morgan fingerprint density at radius 1 is 1.06 bits per heavy atom. The molecule has 3 aromatic heterocycles.